The molecule has 0 saturated carbocycles. The molecule has 2 aliphatic rings. The summed E-state index contributed by atoms with van der Waals surface area (Å²) in [6.45, 7) is 4.17. The summed E-state index contributed by atoms with van der Waals surface area (Å²) in [6, 6.07) is 6.52. The molecule has 4 nitrogen and oxygen atoms in total. The van der Waals surface area contributed by atoms with Gasteiger partial charge in [0.1, 0.15) is 6.54 Å². The van der Waals surface area contributed by atoms with E-state index < -0.39 is 0 Å². The first-order valence-electron chi connectivity index (χ1n) is 8.14. The topological polar surface area (TPSA) is 45.3 Å². The average molecular weight is 311 g/mol. The number of allylic oxidation sites excluding steroid dienone is 1. The molecule has 0 aliphatic carbocycles. The summed E-state index contributed by atoms with van der Waals surface area (Å²) in [7, 11) is 3.35. The van der Waals surface area contributed by atoms with E-state index in [0.29, 0.717) is 6.42 Å². The normalized spacial score (nSPS) is 16.6. The van der Waals surface area contributed by atoms with Crippen molar-refractivity contribution in [3.8, 4) is 17.6 Å². The van der Waals surface area contributed by atoms with Crippen LogP contribution in [-0.4, -0.2) is 37.6 Å². The molecule has 1 aromatic rings. The molecule has 0 atom stereocenters. The number of hydrogen-bond acceptors (Lipinski definition) is 3. The number of nitrogens with zero attached hydrogens (tertiary/aromatic N) is 2. The van der Waals surface area contributed by atoms with E-state index in [1.807, 2.05) is 0 Å². The lowest BCUT2D eigenvalue weighted by Gasteiger charge is -2.25. The Hall–Kier alpha value is -2.28. The number of rotatable bonds is 4. The van der Waals surface area contributed by atoms with Crippen LogP contribution in [-0.2, 0) is 6.42 Å². The van der Waals surface area contributed by atoms with Crippen molar-refractivity contribution in [1.82, 2.24) is 0 Å². The summed E-state index contributed by atoms with van der Waals surface area (Å²) in [6.07, 6.45) is 3.45. The van der Waals surface area contributed by atoms with E-state index in [0.717, 1.165) is 43.9 Å². The molecule has 0 amide bonds. The van der Waals surface area contributed by atoms with Gasteiger partial charge in [0.25, 0.3) is 0 Å². The smallest absolute Gasteiger partial charge is 0.188 e. The molecular weight excluding hydrogens is 288 g/mol. The van der Waals surface area contributed by atoms with Crippen LogP contribution >= 0.6 is 0 Å². The van der Waals surface area contributed by atoms with Gasteiger partial charge < -0.3 is 9.47 Å². The zero-order valence-electron chi connectivity index (χ0n) is 14.1. The van der Waals surface area contributed by atoms with E-state index in [-0.39, 0.29) is 0 Å². The van der Waals surface area contributed by atoms with Crippen LogP contribution in [0.25, 0.3) is 0 Å². The summed E-state index contributed by atoms with van der Waals surface area (Å²) in [5, 5.41) is 9.13. The van der Waals surface area contributed by atoms with Crippen LogP contribution < -0.4 is 9.47 Å². The predicted octanol–water partition coefficient (Wildman–Crippen LogP) is 3.09. The van der Waals surface area contributed by atoms with Gasteiger partial charge in [0.2, 0.25) is 0 Å². The third kappa shape index (κ3) is 2.72. The molecule has 1 aromatic carbocycles. The zero-order chi connectivity index (χ0) is 16.4. The lowest BCUT2D eigenvalue weighted by molar-refractivity contribution is -0.523. The number of benzene rings is 1. The van der Waals surface area contributed by atoms with Crippen molar-refractivity contribution in [2.45, 2.75) is 32.6 Å². The quantitative estimate of drug-likeness (QED) is 0.634. The van der Waals surface area contributed by atoms with Crippen LogP contribution in [0.4, 0.5) is 0 Å². The summed E-state index contributed by atoms with van der Waals surface area (Å²) in [5.74, 6) is 1.56. The summed E-state index contributed by atoms with van der Waals surface area (Å²) in [4.78, 5) is 0. The molecular formula is C19H23N2O2+. The van der Waals surface area contributed by atoms with Gasteiger partial charge in [0.05, 0.1) is 33.1 Å². The Bertz CT molecular complexity index is 738. The third-order valence-corrected chi connectivity index (χ3v) is 4.93. The molecule has 0 N–H and O–H groups in total. The molecule has 4 heteroatoms. The largest absolute Gasteiger partial charge is 0.493 e. The van der Waals surface area contributed by atoms with Gasteiger partial charge >= 0.3 is 0 Å². The molecule has 23 heavy (non-hydrogen) atoms. The highest BCUT2D eigenvalue weighted by atomic mass is 16.5. The number of fused-ring (bicyclic) bond motifs is 2. The molecule has 0 unspecified atom stereocenters. The first-order valence-corrected chi connectivity index (χ1v) is 8.14. The van der Waals surface area contributed by atoms with Crippen molar-refractivity contribution in [3.63, 3.8) is 0 Å². The first kappa shape index (κ1) is 15.6. The van der Waals surface area contributed by atoms with Crippen molar-refractivity contribution in [2.24, 2.45) is 0 Å². The predicted molar refractivity (Wildman–Crippen MR) is 89.5 cm³/mol. The monoisotopic (exact) mass is 311 g/mol. The van der Waals surface area contributed by atoms with Gasteiger partial charge in [-0.25, -0.2) is 4.58 Å². The first-order chi connectivity index (χ1) is 11.2. The molecule has 0 saturated heterocycles. The van der Waals surface area contributed by atoms with E-state index in [9.17, 15) is 0 Å². The molecule has 2 aliphatic heterocycles. The fourth-order valence-corrected chi connectivity index (χ4v) is 3.65. The Balaban J connectivity index is 2.04. The average Bonchev–Trinajstić information content (AvgIpc) is 2.60. The van der Waals surface area contributed by atoms with Gasteiger partial charge in [0.15, 0.2) is 23.8 Å². The minimum Gasteiger partial charge on any atom is -0.493 e. The van der Waals surface area contributed by atoms with E-state index in [1.54, 1.807) is 14.2 Å². The number of nitriles is 1. The third-order valence-electron chi connectivity index (χ3n) is 4.93. The second-order valence-electron chi connectivity index (χ2n) is 6.05. The van der Waals surface area contributed by atoms with E-state index in [2.05, 4.69) is 29.7 Å². The second kappa shape index (κ2) is 6.45. The molecule has 0 radical (unpaired) electrons. The van der Waals surface area contributed by atoms with E-state index >= 15 is 0 Å². The standard InChI is InChI=1S/C19H23N2O2/c1-4-13-12-21-8-6-15-10-18(22-2)19(23-3)11-16(15)17(21)9-14(13)5-7-20/h10-11H,4-6,8-9,12H2,1-3H3/q+1. The highest BCUT2D eigenvalue weighted by Crippen LogP contribution is 2.35. The van der Waals surface area contributed by atoms with E-state index in [1.165, 1.54) is 28.0 Å². The van der Waals surface area contributed by atoms with Gasteiger partial charge in [-0.05, 0) is 35.3 Å². The minimum absolute atomic E-state index is 0.531. The number of methoxy groups -OCH3 is 2. The maximum atomic E-state index is 9.13. The van der Waals surface area contributed by atoms with Crippen LogP contribution in [0, 0.1) is 11.3 Å². The van der Waals surface area contributed by atoms with Crippen molar-refractivity contribution in [3.05, 3.63) is 34.4 Å². The maximum Gasteiger partial charge on any atom is 0.188 e. The molecule has 0 bridgehead atoms. The second-order valence-corrected chi connectivity index (χ2v) is 6.05. The summed E-state index contributed by atoms with van der Waals surface area (Å²) in [5.41, 5.74) is 6.61. The van der Waals surface area contributed by atoms with Crippen LogP contribution in [0.5, 0.6) is 11.5 Å². The van der Waals surface area contributed by atoms with Gasteiger partial charge in [-0.2, -0.15) is 5.26 Å². The molecule has 2 heterocycles. The molecule has 3 rings (SSSR count). The Labute approximate surface area is 137 Å². The molecule has 0 spiro atoms. The van der Waals surface area contributed by atoms with Gasteiger partial charge in [-0.15, -0.1) is 0 Å². The van der Waals surface area contributed by atoms with Crippen LogP contribution in [0.3, 0.4) is 0 Å². The Morgan fingerprint density at radius 2 is 1.91 bits per heavy atom. The van der Waals surface area contributed by atoms with Crippen molar-refractivity contribution < 1.29 is 14.0 Å². The highest BCUT2D eigenvalue weighted by Gasteiger charge is 2.32. The molecule has 0 aromatic heterocycles. The number of ether oxygens (including phenoxy) is 2. The van der Waals surface area contributed by atoms with Gasteiger partial charge in [-0.1, -0.05) is 6.92 Å². The lowest BCUT2D eigenvalue weighted by atomic mass is 9.86. The maximum absolute atomic E-state index is 9.13. The lowest BCUT2D eigenvalue weighted by Crippen LogP contribution is -2.35. The summed E-state index contributed by atoms with van der Waals surface area (Å²) >= 11 is 0. The van der Waals surface area contributed by atoms with Gasteiger partial charge in [0, 0.05) is 12.0 Å². The van der Waals surface area contributed by atoms with Crippen LogP contribution in [0.2, 0.25) is 0 Å². The summed E-state index contributed by atoms with van der Waals surface area (Å²) < 4.78 is 13.4. The van der Waals surface area contributed by atoms with Crippen LogP contribution in [0.15, 0.2) is 23.3 Å². The minimum atomic E-state index is 0.531. The Morgan fingerprint density at radius 3 is 2.57 bits per heavy atom. The van der Waals surface area contributed by atoms with Crippen molar-refractivity contribution >= 4 is 5.71 Å². The van der Waals surface area contributed by atoms with Gasteiger partial charge in [-0.3, -0.25) is 0 Å². The molecule has 120 valence electrons. The molecule has 0 fully saturated rings. The van der Waals surface area contributed by atoms with Crippen LogP contribution in [0.1, 0.15) is 37.3 Å². The number of hydrogen-bond donors (Lipinski definition) is 0. The Kier molecular flexibility index (Phi) is 4.38. The van der Waals surface area contributed by atoms with E-state index in [4.69, 9.17) is 14.7 Å². The highest BCUT2D eigenvalue weighted by molar-refractivity contribution is 6.01. The SMILES string of the molecule is CCC1=C(CC#N)CC2=[N+](CCc3cc(OC)c(OC)cc32)C1. The Morgan fingerprint density at radius 1 is 1.17 bits per heavy atom. The van der Waals surface area contributed by atoms with Crippen molar-refractivity contribution in [1.29, 1.82) is 5.26 Å². The zero-order valence-corrected chi connectivity index (χ0v) is 14.1. The fraction of sp³-hybridized carbons (Fsp3) is 0.474. The fourth-order valence-electron chi connectivity index (χ4n) is 3.65. The van der Waals surface area contributed by atoms with Crippen molar-refractivity contribution in [2.75, 3.05) is 27.3 Å².